The summed E-state index contributed by atoms with van der Waals surface area (Å²) in [7, 11) is -2.84. The van der Waals surface area contributed by atoms with Crippen LogP contribution in [-0.4, -0.2) is 53.1 Å². The number of aromatic nitrogens is 4. The van der Waals surface area contributed by atoms with Crippen molar-refractivity contribution < 1.29 is 4.57 Å². The molecule has 2 aromatic heterocycles. The van der Waals surface area contributed by atoms with E-state index in [1.807, 2.05) is 54.6 Å². The molecule has 0 aliphatic carbocycles. The molecule has 46 heavy (non-hydrogen) atoms. The van der Waals surface area contributed by atoms with Gasteiger partial charge in [-0.05, 0) is 73.8 Å². The molecule has 0 bridgehead atoms. The molecule has 0 saturated heterocycles. The summed E-state index contributed by atoms with van der Waals surface area (Å²) >= 11 is 13.0. The van der Waals surface area contributed by atoms with Gasteiger partial charge in [-0.25, -0.2) is 9.97 Å². The first-order chi connectivity index (χ1) is 22.1. The molecule has 236 valence electrons. The second-order valence-electron chi connectivity index (χ2n) is 11.5. The van der Waals surface area contributed by atoms with E-state index in [0.717, 1.165) is 34.4 Å². The normalized spacial score (nSPS) is 13.0. The van der Waals surface area contributed by atoms with E-state index in [4.69, 9.17) is 33.2 Å². The van der Waals surface area contributed by atoms with Gasteiger partial charge in [-0.1, -0.05) is 73.6 Å². The van der Waals surface area contributed by atoms with Crippen LogP contribution in [0.1, 0.15) is 11.1 Å². The summed E-state index contributed by atoms with van der Waals surface area (Å²) in [6, 6.07) is 21.9. The summed E-state index contributed by atoms with van der Waals surface area (Å²) < 4.78 is 12.9. The summed E-state index contributed by atoms with van der Waals surface area (Å²) in [5, 5.41) is 12.9. The van der Waals surface area contributed by atoms with Crippen molar-refractivity contribution in [1.29, 1.82) is 0 Å². The summed E-state index contributed by atoms with van der Waals surface area (Å²) in [5.41, 5.74) is 4.98. The van der Waals surface area contributed by atoms with E-state index in [-0.39, 0.29) is 7.92 Å². The largest absolute Gasteiger partial charge is 0.338 e. The first kappa shape index (κ1) is 32.2. The fraction of sp³-hybridized carbons (Fsp3) is 0.212. The van der Waals surface area contributed by atoms with Crippen molar-refractivity contribution in [1.82, 2.24) is 19.9 Å². The van der Waals surface area contributed by atoms with E-state index in [1.54, 1.807) is 25.7 Å². The SMILES string of the molecule is CP(C)c1ccccc1Nc1nc(Nc2cccc3c2CCN(c2ncc(Cl)c(Nc4ccccc4P(C)(C)=O)n2)C3)ncc1Cl. The van der Waals surface area contributed by atoms with E-state index in [1.165, 1.54) is 10.9 Å². The van der Waals surface area contributed by atoms with Crippen LogP contribution in [0.15, 0.2) is 79.1 Å². The van der Waals surface area contributed by atoms with E-state index >= 15 is 0 Å². The lowest BCUT2D eigenvalue weighted by molar-refractivity contribution is 0.588. The minimum atomic E-state index is -2.52. The molecule has 0 saturated carbocycles. The molecule has 0 unspecified atom stereocenters. The Morgan fingerprint density at radius 3 is 2.20 bits per heavy atom. The van der Waals surface area contributed by atoms with Gasteiger partial charge in [0, 0.05) is 29.8 Å². The zero-order valence-corrected chi connectivity index (χ0v) is 29.2. The molecule has 6 rings (SSSR count). The molecule has 0 amide bonds. The number of hydrogen-bond acceptors (Lipinski definition) is 9. The second-order valence-corrected chi connectivity index (χ2v) is 17.8. The van der Waals surface area contributed by atoms with Gasteiger partial charge in [0.25, 0.3) is 0 Å². The molecule has 1 aliphatic rings. The van der Waals surface area contributed by atoms with Gasteiger partial charge in [-0.15, -0.1) is 0 Å². The molecular weight excluding hydrogens is 657 g/mol. The number of benzene rings is 3. The number of rotatable bonds is 9. The minimum absolute atomic E-state index is 0.315. The van der Waals surface area contributed by atoms with Crippen molar-refractivity contribution in [3.63, 3.8) is 0 Å². The minimum Gasteiger partial charge on any atom is -0.338 e. The average Bonchev–Trinajstić information content (AvgIpc) is 3.03. The van der Waals surface area contributed by atoms with Crippen LogP contribution in [0.2, 0.25) is 10.0 Å². The van der Waals surface area contributed by atoms with Gasteiger partial charge in [0.15, 0.2) is 11.6 Å². The Labute approximate surface area is 280 Å². The third-order valence-electron chi connectivity index (χ3n) is 7.65. The molecule has 0 atom stereocenters. The van der Waals surface area contributed by atoms with Gasteiger partial charge in [-0.3, -0.25) is 0 Å². The van der Waals surface area contributed by atoms with Crippen molar-refractivity contribution in [3.05, 3.63) is 100 Å². The van der Waals surface area contributed by atoms with Gasteiger partial charge < -0.3 is 25.4 Å². The molecule has 1 aliphatic heterocycles. The van der Waals surface area contributed by atoms with E-state index < -0.39 is 7.14 Å². The van der Waals surface area contributed by atoms with E-state index in [0.29, 0.717) is 46.7 Å². The van der Waals surface area contributed by atoms with Gasteiger partial charge >= 0.3 is 0 Å². The van der Waals surface area contributed by atoms with E-state index in [9.17, 15) is 4.57 Å². The Hall–Kier alpha value is -3.74. The Bertz CT molecular complexity index is 1950. The fourth-order valence-electron chi connectivity index (χ4n) is 5.40. The number of nitrogens with one attached hydrogen (secondary N) is 3. The lowest BCUT2D eigenvalue weighted by Crippen LogP contribution is -2.32. The summed E-state index contributed by atoms with van der Waals surface area (Å²) in [4.78, 5) is 20.6. The van der Waals surface area contributed by atoms with Crippen molar-refractivity contribution >= 4 is 89.5 Å². The predicted octanol–water partition coefficient (Wildman–Crippen LogP) is 7.98. The number of fused-ring (bicyclic) bond motifs is 1. The molecule has 3 aromatic carbocycles. The highest BCUT2D eigenvalue weighted by atomic mass is 35.5. The summed E-state index contributed by atoms with van der Waals surface area (Å²) in [6.07, 6.45) is 3.97. The van der Waals surface area contributed by atoms with Crippen molar-refractivity contribution in [3.8, 4) is 0 Å². The lowest BCUT2D eigenvalue weighted by atomic mass is 9.98. The van der Waals surface area contributed by atoms with Crippen molar-refractivity contribution in [2.75, 3.05) is 54.1 Å². The first-order valence-corrected chi connectivity index (χ1v) is 20.3. The van der Waals surface area contributed by atoms with Crippen LogP contribution in [0.5, 0.6) is 0 Å². The topological polar surface area (TPSA) is 108 Å². The smallest absolute Gasteiger partial charge is 0.229 e. The Kier molecular flexibility index (Phi) is 9.49. The number of para-hydroxylation sites is 2. The molecule has 0 fully saturated rings. The molecular formula is C33H34Cl2N8OP2. The Morgan fingerprint density at radius 1 is 0.783 bits per heavy atom. The quantitative estimate of drug-likeness (QED) is 0.133. The van der Waals surface area contributed by atoms with Gasteiger partial charge in [0.2, 0.25) is 11.9 Å². The van der Waals surface area contributed by atoms with Crippen molar-refractivity contribution in [2.45, 2.75) is 13.0 Å². The van der Waals surface area contributed by atoms with Crippen LogP contribution in [0, 0.1) is 0 Å². The molecule has 5 aromatic rings. The fourth-order valence-corrected chi connectivity index (χ4v) is 7.83. The highest BCUT2D eigenvalue weighted by molar-refractivity contribution is 7.70. The molecule has 3 N–H and O–H groups in total. The van der Waals surface area contributed by atoms with E-state index in [2.05, 4.69) is 56.3 Å². The maximum atomic E-state index is 12.9. The summed E-state index contributed by atoms with van der Waals surface area (Å²) in [5.74, 6) is 2.03. The second kappa shape index (κ2) is 13.5. The van der Waals surface area contributed by atoms with Crippen LogP contribution in [0.4, 0.5) is 40.6 Å². The zero-order chi connectivity index (χ0) is 32.4. The standard InChI is InChI=1S/C33H34Cl2N8OP2/c1-45(2)28-14-7-5-11-26(28)38-30-23(34)18-36-32(41-30)40-25-13-9-10-21-20-43(17-16-22(21)25)33-37-19-24(35)31(42-33)39-27-12-6-8-15-29(27)46(3,4)44/h5-15,18-19H,16-17,20H2,1-4H3,(H,37,39,42)(H2,36,38,40,41). The van der Waals surface area contributed by atoms with Gasteiger partial charge in [0.05, 0.1) is 18.1 Å². The molecule has 3 heterocycles. The Balaban J connectivity index is 1.21. The van der Waals surface area contributed by atoms with Crippen LogP contribution >= 0.6 is 38.3 Å². The van der Waals surface area contributed by atoms with Crippen molar-refractivity contribution in [2.24, 2.45) is 0 Å². The third kappa shape index (κ3) is 7.13. The average molecular weight is 692 g/mol. The van der Waals surface area contributed by atoms with Crippen LogP contribution in [0.25, 0.3) is 0 Å². The highest BCUT2D eigenvalue weighted by Crippen LogP contribution is 2.39. The van der Waals surface area contributed by atoms with Crippen LogP contribution in [0.3, 0.4) is 0 Å². The zero-order valence-electron chi connectivity index (χ0n) is 25.9. The Morgan fingerprint density at radius 2 is 1.43 bits per heavy atom. The summed E-state index contributed by atoms with van der Waals surface area (Å²) in [6.45, 7) is 9.25. The van der Waals surface area contributed by atoms with Crippen LogP contribution < -0.4 is 31.5 Å². The highest BCUT2D eigenvalue weighted by Gasteiger charge is 2.23. The maximum Gasteiger partial charge on any atom is 0.229 e. The maximum absolute atomic E-state index is 12.9. The first-order valence-electron chi connectivity index (χ1n) is 14.7. The monoisotopic (exact) mass is 690 g/mol. The molecule has 0 radical (unpaired) electrons. The van der Waals surface area contributed by atoms with Gasteiger partial charge in [0.1, 0.15) is 17.2 Å². The number of hydrogen-bond donors (Lipinski definition) is 3. The predicted molar refractivity (Wildman–Crippen MR) is 196 cm³/mol. The molecule has 0 spiro atoms. The number of nitrogens with zero attached hydrogens (tertiary/aromatic N) is 5. The van der Waals surface area contributed by atoms with Crippen LogP contribution in [-0.2, 0) is 17.5 Å². The molecule has 9 nitrogen and oxygen atoms in total. The number of halogens is 2. The third-order valence-corrected chi connectivity index (χ3v) is 11.1. The lowest BCUT2D eigenvalue weighted by Gasteiger charge is -2.30. The molecule has 13 heteroatoms. The number of anilines is 7. The van der Waals surface area contributed by atoms with Gasteiger partial charge in [-0.2, -0.15) is 9.97 Å².